The van der Waals surface area contributed by atoms with Gasteiger partial charge < -0.3 is 10.5 Å². The predicted molar refractivity (Wildman–Crippen MR) is 38.7 cm³/mol. The van der Waals surface area contributed by atoms with E-state index in [1.807, 2.05) is 0 Å². The van der Waals surface area contributed by atoms with Crippen LogP contribution in [-0.4, -0.2) is 43.8 Å². The largest absolute Gasteiger partial charge is 0.381 e. The van der Waals surface area contributed by atoms with Gasteiger partial charge in [0.05, 0.1) is 13.2 Å². The van der Waals surface area contributed by atoms with Gasteiger partial charge in [-0.15, -0.1) is 0 Å². The van der Waals surface area contributed by atoms with Crippen molar-refractivity contribution in [2.75, 3.05) is 32.8 Å². The Balaban J connectivity index is 1.62. The highest BCUT2D eigenvalue weighted by molar-refractivity contribution is 4.85. The summed E-state index contributed by atoms with van der Waals surface area (Å²) in [7, 11) is 0. The van der Waals surface area contributed by atoms with E-state index in [0.717, 1.165) is 32.2 Å². The number of hydrogen-bond donors (Lipinski definition) is 1. The van der Waals surface area contributed by atoms with Crippen LogP contribution in [0.1, 0.15) is 0 Å². The summed E-state index contributed by atoms with van der Waals surface area (Å²) in [5.41, 5.74) is 5.63. The van der Waals surface area contributed by atoms with Crippen LogP contribution in [0.2, 0.25) is 0 Å². The maximum atomic E-state index is 5.63. The molecule has 0 bridgehead atoms. The molecule has 0 amide bonds. The van der Waals surface area contributed by atoms with Gasteiger partial charge in [-0.25, -0.2) is 0 Å². The Hall–Kier alpha value is -0.120. The van der Waals surface area contributed by atoms with Crippen LogP contribution in [0.3, 0.4) is 0 Å². The van der Waals surface area contributed by atoms with Crippen LogP contribution < -0.4 is 5.73 Å². The number of nitrogens with zero attached hydrogens (tertiary/aromatic N) is 1. The third-order valence-electron chi connectivity index (χ3n) is 2.21. The number of likely N-dealkylation sites (tertiary alicyclic amines) is 1. The summed E-state index contributed by atoms with van der Waals surface area (Å²) in [6, 6.07) is 0.445. The van der Waals surface area contributed by atoms with E-state index in [9.17, 15) is 0 Å². The van der Waals surface area contributed by atoms with Crippen LogP contribution >= 0.6 is 0 Å². The van der Waals surface area contributed by atoms with Gasteiger partial charge in [-0.05, 0) is 0 Å². The molecule has 0 spiro atoms. The maximum absolute atomic E-state index is 5.63. The Morgan fingerprint density at radius 3 is 2.50 bits per heavy atom. The third-order valence-corrected chi connectivity index (χ3v) is 2.21. The number of ether oxygens (including phenoxy) is 1. The SMILES string of the molecule is NC1CN(CC2COC2)C1. The molecule has 58 valence electrons. The zero-order chi connectivity index (χ0) is 6.97. The molecule has 2 N–H and O–H groups in total. The lowest BCUT2D eigenvalue weighted by Crippen LogP contribution is -2.58. The van der Waals surface area contributed by atoms with Crippen LogP contribution in [0.4, 0.5) is 0 Å². The summed E-state index contributed by atoms with van der Waals surface area (Å²) in [5.74, 6) is 0.799. The van der Waals surface area contributed by atoms with Gasteiger partial charge in [-0.1, -0.05) is 0 Å². The zero-order valence-electron chi connectivity index (χ0n) is 6.12. The molecular formula is C7H14N2O. The van der Waals surface area contributed by atoms with E-state index in [1.165, 1.54) is 6.54 Å². The first-order valence-corrected chi connectivity index (χ1v) is 3.90. The van der Waals surface area contributed by atoms with Gasteiger partial charge in [0.2, 0.25) is 0 Å². The fraction of sp³-hybridized carbons (Fsp3) is 1.00. The molecule has 2 aliphatic heterocycles. The zero-order valence-corrected chi connectivity index (χ0v) is 6.12. The highest BCUT2D eigenvalue weighted by atomic mass is 16.5. The normalized spacial score (nSPS) is 29.7. The third kappa shape index (κ3) is 1.17. The lowest BCUT2D eigenvalue weighted by molar-refractivity contribution is -0.0557. The molecule has 0 aromatic heterocycles. The lowest BCUT2D eigenvalue weighted by Gasteiger charge is -2.41. The van der Waals surface area contributed by atoms with Crippen molar-refractivity contribution in [3.05, 3.63) is 0 Å². The molecule has 0 saturated carbocycles. The molecular weight excluding hydrogens is 128 g/mol. The van der Waals surface area contributed by atoms with Gasteiger partial charge in [0, 0.05) is 31.6 Å². The average molecular weight is 142 g/mol. The monoisotopic (exact) mass is 142 g/mol. The minimum Gasteiger partial charge on any atom is -0.381 e. The van der Waals surface area contributed by atoms with Crippen LogP contribution in [0.25, 0.3) is 0 Å². The second kappa shape index (κ2) is 2.49. The quantitative estimate of drug-likeness (QED) is 0.553. The molecule has 0 atom stereocenters. The molecule has 2 rings (SSSR count). The van der Waals surface area contributed by atoms with E-state index in [0.29, 0.717) is 6.04 Å². The van der Waals surface area contributed by atoms with Crippen molar-refractivity contribution in [1.29, 1.82) is 0 Å². The molecule has 0 aliphatic carbocycles. The summed E-state index contributed by atoms with van der Waals surface area (Å²) < 4.78 is 5.07. The van der Waals surface area contributed by atoms with Crippen molar-refractivity contribution in [1.82, 2.24) is 4.90 Å². The van der Waals surface area contributed by atoms with Crippen molar-refractivity contribution < 1.29 is 4.74 Å². The topological polar surface area (TPSA) is 38.5 Å². The first kappa shape index (κ1) is 6.58. The highest BCUT2D eigenvalue weighted by Crippen LogP contribution is 2.15. The molecule has 0 aromatic carbocycles. The van der Waals surface area contributed by atoms with Gasteiger partial charge in [0.15, 0.2) is 0 Å². The average Bonchev–Trinajstić information content (AvgIpc) is 1.72. The first-order valence-electron chi connectivity index (χ1n) is 3.90. The molecule has 3 heteroatoms. The van der Waals surface area contributed by atoms with Crippen molar-refractivity contribution >= 4 is 0 Å². The molecule has 0 radical (unpaired) electrons. The molecule has 0 aromatic rings. The summed E-state index contributed by atoms with van der Waals surface area (Å²) in [5, 5.41) is 0. The van der Waals surface area contributed by atoms with Gasteiger partial charge in [-0.2, -0.15) is 0 Å². The molecule has 2 heterocycles. The van der Waals surface area contributed by atoms with E-state index in [-0.39, 0.29) is 0 Å². The van der Waals surface area contributed by atoms with Crippen molar-refractivity contribution in [3.63, 3.8) is 0 Å². The Kier molecular flexibility index (Phi) is 1.64. The fourth-order valence-corrected chi connectivity index (χ4v) is 1.51. The lowest BCUT2D eigenvalue weighted by atomic mass is 10.0. The summed E-state index contributed by atoms with van der Waals surface area (Å²) >= 11 is 0. The fourth-order valence-electron chi connectivity index (χ4n) is 1.51. The van der Waals surface area contributed by atoms with E-state index in [2.05, 4.69) is 4.90 Å². The van der Waals surface area contributed by atoms with Crippen molar-refractivity contribution in [2.24, 2.45) is 11.7 Å². The highest BCUT2D eigenvalue weighted by Gasteiger charge is 2.28. The summed E-state index contributed by atoms with van der Waals surface area (Å²) in [6.45, 7) is 5.32. The summed E-state index contributed by atoms with van der Waals surface area (Å²) in [6.07, 6.45) is 0. The molecule has 10 heavy (non-hydrogen) atoms. The molecule has 2 saturated heterocycles. The van der Waals surface area contributed by atoms with E-state index in [4.69, 9.17) is 10.5 Å². The molecule has 2 aliphatic rings. The number of rotatable bonds is 2. The van der Waals surface area contributed by atoms with E-state index >= 15 is 0 Å². The van der Waals surface area contributed by atoms with Crippen molar-refractivity contribution in [2.45, 2.75) is 6.04 Å². The van der Waals surface area contributed by atoms with Gasteiger partial charge in [0.25, 0.3) is 0 Å². The van der Waals surface area contributed by atoms with Gasteiger partial charge >= 0.3 is 0 Å². The molecule has 0 unspecified atom stereocenters. The van der Waals surface area contributed by atoms with Gasteiger partial charge in [0.1, 0.15) is 0 Å². The number of hydrogen-bond acceptors (Lipinski definition) is 3. The van der Waals surface area contributed by atoms with Crippen molar-refractivity contribution in [3.8, 4) is 0 Å². The maximum Gasteiger partial charge on any atom is 0.0528 e. The van der Waals surface area contributed by atoms with Crippen LogP contribution in [0.5, 0.6) is 0 Å². The predicted octanol–water partition coefficient (Wildman–Crippen LogP) is -0.724. The van der Waals surface area contributed by atoms with Gasteiger partial charge in [-0.3, -0.25) is 4.90 Å². The van der Waals surface area contributed by atoms with Crippen LogP contribution in [0.15, 0.2) is 0 Å². The second-order valence-electron chi connectivity index (χ2n) is 3.38. The first-order chi connectivity index (χ1) is 4.84. The molecule has 2 fully saturated rings. The van der Waals surface area contributed by atoms with Crippen LogP contribution in [-0.2, 0) is 4.74 Å². The Labute approximate surface area is 61.1 Å². The number of nitrogens with two attached hydrogens (primary N) is 1. The Morgan fingerprint density at radius 1 is 1.40 bits per heavy atom. The second-order valence-corrected chi connectivity index (χ2v) is 3.38. The van der Waals surface area contributed by atoms with E-state index < -0.39 is 0 Å². The van der Waals surface area contributed by atoms with E-state index in [1.54, 1.807) is 0 Å². The minimum absolute atomic E-state index is 0.445. The minimum atomic E-state index is 0.445. The standard InChI is InChI=1S/C7H14N2O/c8-7-2-9(3-7)1-6-4-10-5-6/h6-7H,1-5,8H2. The van der Waals surface area contributed by atoms with Crippen LogP contribution in [0, 0.1) is 5.92 Å². The Morgan fingerprint density at radius 2 is 2.10 bits per heavy atom. The Bertz CT molecular complexity index is 119. The molecule has 3 nitrogen and oxygen atoms in total. The smallest absolute Gasteiger partial charge is 0.0528 e. The summed E-state index contributed by atoms with van der Waals surface area (Å²) in [4.78, 5) is 2.40.